The Morgan fingerprint density at radius 2 is 2.00 bits per heavy atom. The normalized spacial score (nSPS) is 9.56. The summed E-state index contributed by atoms with van der Waals surface area (Å²) in [5, 5.41) is 0. The maximum Gasteiger partial charge on any atom is 0.127 e. The molecule has 0 bridgehead atoms. The van der Waals surface area contributed by atoms with Crippen LogP contribution in [0.15, 0.2) is 24.3 Å². The molecule has 1 aromatic rings. The van der Waals surface area contributed by atoms with Crippen LogP contribution in [0.4, 0.5) is 4.39 Å². The first-order valence-electron chi connectivity index (χ1n) is 2.69. The second-order valence-corrected chi connectivity index (χ2v) is 1.75. The molecule has 0 spiro atoms. The summed E-state index contributed by atoms with van der Waals surface area (Å²) < 4.78 is 12.4. The highest BCUT2D eigenvalue weighted by Gasteiger charge is 1.95. The third kappa shape index (κ3) is 1.27. The summed E-state index contributed by atoms with van der Waals surface area (Å²) in [7, 11) is 0. The smallest absolute Gasteiger partial charge is 0.127 e. The van der Waals surface area contributed by atoms with Crippen LogP contribution in [-0.4, -0.2) is 0 Å². The van der Waals surface area contributed by atoms with Gasteiger partial charge < -0.3 is 0 Å². The van der Waals surface area contributed by atoms with Crippen molar-refractivity contribution in [3.8, 4) is 0 Å². The number of nitrogens with zero attached hydrogens (tertiary/aromatic N) is 1. The van der Waals surface area contributed by atoms with Gasteiger partial charge in [0.15, 0.2) is 0 Å². The van der Waals surface area contributed by atoms with Crippen molar-refractivity contribution in [2.45, 2.75) is 6.54 Å². The predicted octanol–water partition coefficient (Wildman–Crippen LogP) is 1.39. The van der Waals surface area contributed by atoms with Gasteiger partial charge in [-0.25, -0.2) is 4.39 Å². The lowest BCUT2D eigenvalue weighted by Gasteiger charge is -1.93. The van der Waals surface area contributed by atoms with Crippen molar-refractivity contribution >= 4 is 0 Å². The Morgan fingerprint density at radius 3 is 2.44 bits per heavy atom. The lowest BCUT2D eigenvalue weighted by Crippen LogP contribution is -1.88. The van der Waals surface area contributed by atoms with Crippen molar-refractivity contribution in [2.75, 3.05) is 0 Å². The predicted molar refractivity (Wildman–Crippen MR) is 32.2 cm³/mol. The SMILES string of the molecule is [N]Cc1ccccc1F. The Kier molecular flexibility index (Phi) is 1.80. The van der Waals surface area contributed by atoms with E-state index >= 15 is 0 Å². The Labute approximate surface area is 53.3 Å². The second kappa shape index (κ2) is 2.60. The molecule has 9 heavy (non-hydrogen) atoms. The summed E-state index contributed by atoms with van der Waals surface area (Å²) in [5.74, 6) is -0.347. The first-order valence-corrected chi connectivity index (χ1v) is 2.69. The molecule has 0 aliphatic rings. The van der Waals surface area contributed by atoms with E-state index in [4.69, 9.17) is 5.73 Å². The van der Waals surface area contributed by atoms with E-state index in [0.717, 1.165) is 0 Å². The van der Waals surface area contributed by atoms with Gasteiger partial charge in [-0.2, -0.15) is 0 Å². The molecule has 0 heterocycles. The van der Waals surface area contributed by atoms with Gasteiger partial charge in [-0.05, 0) is 6.07 Å². The zero-order chi connectivity index (χ0) is 6.69. The molecule has 1 rings (SSSR count). The summed E-state index contributed by atoms with van der Waals surface area (Å²) >= 11 is 0. The van der Waals surface area contributed by atoms with Gasteiger partial charge >= 0.3 is 0 Å². The molecule has 0 aliphatic carbocycles. The van der Waals surface area contributed by atoms with Crippen LogP contribution in [0.5, 0.6) is 0 Å². The Morgan fingerprint density at radius 1 is 1.33 bits per heavy atom. The second-order valence-electron chi connectivity index (χ2n) is 1.75. The van der Waals surface area contributed by atoms with Crippen LogP contribution in [0.1, 0.15) is 5.56 Å². The van der Waals surface area contributed by atoms with Crippen molar-refractivity contribution in [2.24, 2.45) is 0 Å². The largest absolute Gasteiger partial charge is 0.207 e. The molecule has 0 atom stereocenters. The molecule has 0 saturated carbocycles. The highest BCUT2D eigenvalue weighted by Crippen LogP contribution is 2.04. The summed E-state index contributed by atoms with van der Waals surface area (Å²) in [6.45, 7) is -0.229. The summed E-state index contributed by atoms with van der Waals surface area (Å²) in [6, 6.07) is 6.16. The highest BCUT2D eigenvalue weighted by atomic mass is 19.1. The molecule has 0 fully saturated rings. The summed E-state index contributed by atoms with van der Waals surface area (Å²) in [5.41, 5.74) is 8.82. The molecule has 2 radical (unpaired) electrons. The minimum absolute atomic E-state index is 0.229. The summed E-state index contributed by atoms with van der Waals surface area (Å²) in [4.78, 5) is 0. The summed E-state index contributed by atoms with van der Waals surface area (Å²) in [6.07, 6.45) is 0. The minimum Gasteiger partial charge on any atom is -0.207 e. The zero-order valence-electron chi connectivity index (χ0n) is 4.84. The fourth-order valence-electron chi connectivity index (χ4n) is 0.627. The molecule has 1 aromatic carbocycles. The molecule has 0 N–H and O–H groups in total. The van der Waals surface area contributed by atoms with E-state index in [2.05, 4.69) is 0 Å². The zero-order valence-corrected chi connectivity index (χ0v) is 4.84. The number of hydrogen-bond donors (Lipinski definition) is 0. The molecule has 1 nitrogen and oxygen atoms in total. The average Bonchev–Trinajstić information content (AvgIpc) is 1.89. The van der Waals surface area contributed by atoms with Gasteiger partial charge in [0.25, 0.3) is 0 Å². The van der Waals surface area contributed by atoms with Crippen LogP contribution < -0.4 is 5.73 Å². The molecule has 0 aliphatic heterocycles. The quantitative estimate of drug-likeness (QED) is 0.538. The van der Waals surface area contributed by atoms with Crippen molar-refractivity contribution < 1.29 is 4.39 Å². The molecular weight excluding hydrogens is 117 g/mol. The monoisotopic (exact) mass is 123 g/mol. The van der Waals surface area contributed by atoms with E-state index in [0.29, 0.717) is 5.56 Å². The van der Waals surface area contributed by atoms with E-state index < -0.39 is 0 Å². The van der Waals surface area contributed by atoms with Crippen LogP contribution >= 0.6 is 0 Å². The molecule has 0 saturated heterocycles. The fourth-order valence-corrected chi connectivity index (χ4v) is 0.627. The molecular formula is C7H6FN. The van der Waals surface area contributed by atoms with Crippen molar-refractivity contribution in [1.82, 2.24) is 5.73 Å². The lowest BCUT2D eigenvalue weighted by molar-refractivity contribution is 0.609. The first kappa shape index (κ1) is 6.23. The Bertz CT molecular complexity index is 198. The minimum atomic E-state index is -0.347. The van der Waals surface area contributed by atoms with E-state index in [1.54, 1.807) is 18.2 Å². The number of halogens is 1. The van der Waals surface area contributed by atoms with Crippen LogP contribution in [0.2, 0.25) is 0 Å². The Hall–Kier alpha value is -0.890. The van der Waals surface area contributed by atoms with E-state index in [1.165, 1.54) is 6.07 Å². The van der Waals surface area contributed by atoms with Gasteiger partial charge in [0.1, 0.15) is 5.82 Å². The highest BCUT2D eigenvalue weighted by molar-refractivity contribution is 5.16. The lowest BCUT2D eigenvalue weighted by atomic mass is 10.2. The molecule has 0 aromatic heterocycles. The van der Waals surface area contributed by atoms with Gasteiger partial charge in [0.2, 0.25) is 0 Å². The van der Waals surface area contributed by atoms with Crippen LogP contribution in [0, 0.1) is 5.82 Å². The van der Waals surface area contributed by atoms with E-state index in [9.17, 15) is 4.39 Å². The fraction of sp³-hybridized carbons (Fsp3) is 0.143. The third-order valence-corrected chi connectivity index (χ3v) is 1.13. The topological polar surface area (TPSA) is 22.3 Å². The maximum absolute atomic E-state index is 12.4. The van der Waals surface area contributed by atoms with Gasteiger partial charge in [0, 0.05) is 5.56 Å². The maximum atomic E-state index is 12.4. The molecule has 2 heteroatoms. The van der Waals surface area contributed by atoms with Gasteiger partial charge in [0.05, 0.1) is 6.54 Å². The van der Waals surface area contributed by atoms with Crippen molar-refractivity contribution in [3.63, 3.8) is 0 Å². The standard InChI is InChI=1S/C7H6FN/c8-7-4-2-1-3-6(7)5-9/h1-4H,5H2. The van der Waals surface area contributed by atoms with Gasteiger partial charge in [-0.1, -0.05) is 18.2 Å². The first-order chi connectivity index (χ1) is 4.34. The molecule has 0 unspecified atom stereocenters. The van der Waals surface area contributed by atoms with Crippen LogP contribution in [0.25, 0.3) is 0 Å². The number of hydrogen-bond acceptors (Lipinski definition) is 0. The van der Waals surface area contributed by atoms with Crippen molar-refractivity contribution in [1.29, 1.82) is 0 Å². The average molecular weight is 123 g/mol. The van der Waals surface area contributed by atoms with Gasteiger partial charge in [-0.15, -0.1) is 5.73 Å². The van der Waals surface area contributed by atoms with Crippen LogP contribution in [-0.2, 0) is 6.54 Å². The van der Waals surface area contributed by atoms with Crippen LogP contribution in [0.3, 0.4) is 0 Å². The number of benzene rings is 1. The van der Waals surface area contributed by atoms with Crippen molar-refractivity contribution in [3.05, 3.63) is 35.6 Å². The van der Waals surface area contributed by atoms with E-state index in [-0.39, 0.29) is 12.4 Å². The van der Waals surface area contributed by atoms with E-state index in [1.807, 2.05) is 0 Å². The Balaban J connectivity index is 3.01. The number of rotatable bonds is 1. The third-order valence-electron chi connectivity index (χ3n) is 1.13. The molecule has 46 valence electrons. The molecule has 0 amide bonds. The van der Waals surface area contributed by atoms with Gasteiger partial charge in [-0.3, -0.25) is 0 Å².